The number of hydrogen-bond donors (Lipinski definition) is 0. The minimum Gasteiger partial charge on any atom is -0.443 e. The van der Waals surface area contributed by atoms with E-state index < -0.39 is 23.4 Å². The molecule has 0 N–H and O–H groups in total. The molecule has 36 heavy (non-hydrogen) atoms. The van der Waals surface area contributed by atoms with E-state index in [1.54, 1.807) is 20.8 Å². The van der Waals surface area contributed by atoms with Gasteiger partial charge in [0.05, 0.1) is 12.6 Å². The summed E-state index contributed by atoms with van der Waals surface area (Å²) in [4.78, 5) is 34.0. The van der Waals surface area contributed by atoms with E-state index in [4.69, 9.17) is 9.47 Å². The SMILES string of the molecule is CC(C)(C)OC(=O)/N=C1\N(C(=O)OC(C)(C)C)CC2CCC(c3ccccc3)(c3ccccc3)CN12. The third-order valence-electron chi connectivity index (χ3n) is 6.53. The molecular weight excluding hydrogens is 454 g/mol. The molecule has 7 nitrogen and oxygen atoms in total. The van der Waals surface area contributed by atoms with Crippen LogP contribution >= 0.6 is 0 Å². The van der Waals surface area contributed by atoms with Crippen molar-refractivity contribution in [1.82, 2.24) is 9.80 Å². The number of carbonyl (C=O) groups is 2. The maximum absolute atomic E-state index is 13.2. The fourth-order valence-electron chi connectivity index (χ4n) is 5.06. The molecule has 2 aromatic carbocycles. The highest BCUT2D eigenvalue weighted by Crippen LogP contribution is 2.44. The highest BCUT2D eigenvalue weighted by Gasteiger charge is 2.50. The van der Waals surface area contributed by atoms with Gasteiger partial charge in [0.2, 0.25) is 5.96 Å². The fraction of sp³-hybridized carbons (Fsp3) is 0.483. The Bertz CT molecular complexity index is 1080. The summed E-state index contributed by atoms with van der Waals surface area (Å²) in [6, 6.07) is 20.9. The molecular formula is C29H37N3O4. The molecule has 1 unspecified atom stereocenters. The second-order valence-corrected chi connectivity index (χ2v) is 11.6. The Morgan fingerprint density at radius 1 is 0.861 bits per heavy atom. The van der Waals surface area contributed by atoms with Gasteiger partial charge in [-0.2, -0.15) is 0 Å². The summed E-state index contributed by atoms with van der Waals surface area (Å²) in [7, 11) is 0. The van der Waals surface area contributed by atoms with Gasteiger partial charge < -0.3 is 14.4 Å². The van der Waals surface area contributed by atoms with Crippen molar-refractivity contribution in [3.8, 4) is 0 Å². The van der Waals surface area contributed by atoms with Crippen LogP contribution in [0.4, 0.5) is 9.59 Å². The van der Waals surface area contributed by atoms with Crippen molar-refractivity contribution in [2.45, 2.75) is 77.0 Å². The quantitative estimate of drug-likeness (QED) is 0.517. The number of fused-ring (bicyclic) bond motifs is 1. The van der Waals surface area contributed by atoms with E-state index in [-0.39, 0.29) is 11.5 Å². The maximum atomic E-state index is 13.2. The molecule has 4 rings (SSSR count). The Labute approximate surface area is 214 Å². The van der Waals surface area contributed by atoms with Gasteiger partial charge in [-0.05, 0) is 65.5 Å². The van der Waals surface area contributed by atoms with Crippen LogP contribution in [-0.4, -0.2) is 58.3 Å². The predicted octanol–water partition coefficient (Wildman–Crippen LogP) is 5.98. The lowest BCUT2D eigenvalue weighted by molar-refractivity contribution is 0.0378. The standard InChI is InChI=1S/C29H37N3O4/c1-27(2,3)35-25(33)30-24-31(26(34)36-28(4,5)6)19-23-17-18-29(20-32(23)24,21-13-9-7-10-14-21)22-15-11-8-12-16-22/h7-16,23H,17-20H2,1-6H3/b30-24+. The summed E-state index contributed by atoms with van der Waals surface area (Å²) in [5.74, 6) is 0.291. The van der Waals surface area contributed by atoms with Gasteiger partial charge in [-0.15, -0.1) is 4.99 Å². The molecule has 0 bridgehead atoms. The lowest BCUT2D eigenvalue weighted by Gasteiger charge is -2.45. The summed E-state index contributed by atoms with van der Waals surface area (Å²) in [6.07, 6.45) is 0.507. The summed E-state index contributed by atoms with van der Waals surface area (Å²) < 4.78 is 11.2. The van der Waals surface area contributed by atoms with Gasteiger partial charge in [0.15, 0.2) is 0 Å². The number of hydrogen-bond acceptors (Lipinski definition) is 4. The van der Waals surface area contributed by atoms with Crippen LogP contribution in [-0.2, 0) is 14.9 Å². The molecule has 0 aliphatic carbocycles. The average Bonchev–Trinajstić information content (AvgIpc) is 3.15. The van der Waals surface area contributed by atoms with E-state index in [1.165, 1.54) is 16.0 Å². The van der Waals surface area contributed by atoms with Crippen LogP contribution in [0.3, 0.4) is 0 Å². The molecule has 2 aromatic rings. The van der Waals surface area contributed by atoms with E-state index >= 15 is 0 Å². The zero-order valence-corrected chi connectivity index (χ0v) is 22.2. The summed E-state index contributed by atoms with van der Waals surface area (Å²) in [5.41, 5.74) is 0.700. The first-order valence-corrected chi connectivity index (χ1v) is 12.6. The molecule has 2 heterocycles. The first-order valence-electron chi connectivity index (χ1n) is 12.6. The first kappa shape index (κ1) is 25.7. The van der Waals surface area contributed by atoms with Gasteiger partial charge >= 0.3 is 12.2 Å². The minimum absolute atomic E-state index is 0.0271. The number of guanidine groups is 1. The normalized spacial score (nSPS) is 20.7. The summed E-state index contributed by atoms with van der Waals surface area (Å²) >= 11 is 0. The van der Waals surface area contributed by atoms with E-state index in [0.717, 1.165) is 12.8 Å². The van der Waals surface area contributed by atoms with Crippen LogP contribution < -0.4 is 0 Å². The molecule has 2 fully saturated rings. The zero-order valence-electron chi connectivity index (χ0n) is 22.2. The Morgan fingerprint density at radius 2 is 1.39 bits per heavy atom. The average molecular weight is 492 g/mol. The monoisotopic (exact) mass is 491 g/mol. The lowest BCUT2D eigenvalue weighted by atomic mass is 9.68. The van der Waals surface area contributed by atoms with Gasteiger partial charge in [0, 0.05) is 12.0 Å². The number of amides is 2. The Balaban J connectivity index is 1.77. The topological polar surface area (TPSA) is 71.4 Å². The lowest BCUT2D eigenvalue weighted by Crippen LogP contribution is -2.52. The predicted molar refractivity (Wildman–Crippen MR) is 140 cm³/mol. The second kappa shape index (κ2) is 9.60. The molecule has 0 aromatic heterocycles. The Morgan fingerprint density at radius 3 is 1.89 bits per heavy atom. The molecule has 2 aliphatic heterocycles. The highest BCUT2D eigenvalue weighted by molar-refractivity contribution is 6.00. The van der Waals surface area contributed by atoms with Gasteiger partial charge in [-0.3, -0.25) is 0 Å². The number of aliphatic imine (C=N–C) groups is 1. The molecule has 2 aliphatic rings. The largest absolute Gasteiger partial charge is 0.443 e. The fourth-order valence-corrected chi connectivity index (χ4v) is 5.06. The molecule has 1 atom stereocenters. The van der Waals surface area contributed by atoms with Gasteiger partial charge in [-0.25, -0.2) is 14.5 Å². The second-order valence-electron chi connectivity index (χ2n) is 11.6. The molecule has 192 valence electrons. The first-order chi connectivity index (χ1) is 16.9. The zero-order chi connectivity index (χ0) is 26.1. The van der Waals surface area contributed by atoms with E-state index in [2.05, 4.69) is 58.4 Å². The number of ether oxygens (including phenoxy) is 2. The smallest absolute Gasteiger partial charge is 0.437 e. The third kappa shape index (κ3) is 5.55. The number of rotatable bonds is 2. The van der Waals surface area contributed by atoms with Crippen molar-refractivity contribution in [1.29, 1.82) is 0 Å². The van der Waals surface area contributed by atoms with Crippen LogP contribution in [0.25, 0.3) is 0 Å². The molecule has 0 spiro atoms. The van der Waals surface area contributed by atoms with Gasteiger partial charge in [0.1, 0.15) is 11.2 Å². The van der Waals surface area contributed by atoms with Crippen molar-refractivity contribution < 1.29 is 19.1 Å². The van der Waals surface area contributed by atoms with Crippen LogP contribution in [0, 0.1) is 0 Å². The van der Waals surface area contributed by atoms with Crippen molar-refractivity contribution in [3.63, 3.8) is 0 Å². The number of nitrogens with zero attached hydrogens (tertiary/aromatic N) is 3. The number of piperidine rings is 1. The van der Waals surface area contributed by atoms with Crippen LogP contribution in [0.2, 0.25) is 0 Å². The van der Waals surface area contributed by atoms with E-state index in [0.29, 0.717) is 19.0 Å². The molecule has 0 radical (unpaired) electrons. The minimum atomic E-state index is -0.720. The van der Waals surface area contributed by atoms with Crippen molar-refractivity contribution in [2.75, 3.05) is 13.1 Å². The molecule has 0 saturated carbocycles. The number of benzene rings is 2. The van der Waals surface area contributed by atoms with Crippen LogP contribution in [0.1, 0.15) is 65.5 Å². The van der Waals surface area contributed by atoms with E-state index in [9.17, 15) is 9.59 Å². The molecule has 7 heteroatoms. The van der Waals surface area contributed by atoms with Crippen molar-refractivity contribution in [3.05, 3.63) is 71.8 Å². The van der Waals surface area contributed by atoms with Crippen molar-refractivity contribution >= 4 is 18.1 Å². The maximum Gasteiger partial charge on any atom is 0.437 e. The molecule has 2 saturated heterocycles. The summed E-state index contributed by atoms with van der Waals surface area (Å²) in [6.45, 7) is 11.9. The Hall–Kier alpha value is -3.35. The third-order valence-corrected chi connectivity index (χ3v) is 6.53. The van der Waals surface area contributed by atoms with Crippen LogP contribution in [0.5, 0.6) is 0 Å². The van der Waals surface area contributed by atoms with Crippen LogP contribution in [0.15, 0.2) is 65.7 Å². The van der Waals surface area contributed by atoms with E-state index in [1.807, 2.05) is 32.9 Å². The van der Waals surface area contributed by atoms with Gasteiger partial charge in [-0.1, -0.05) is 60.7 Å². The highest BCUT2D eigenvalue weighted by atomic mass is 16.6. The van der Waals surface area contributed by atoms with Crippen molar-refractivity contribution in [2.24, 2.45) is 4.99 Å². The van der Waals surface area contributed by atoms with Gasteiger partial charge in [0.25, 0.3) is 0 Å². The summed E-state index contributed by atoms with van der Waals surface area (Å²) in [5, 5.41) is 0. The Kier molecular flexibility index (Phi) is 6.86. The molecule has 2 amide bonds. The number of carbonyl (C=O) groups excluding carboxylic acids is 2.